The molecule has 2 aliphatic rings. The Morgan fingerprint density at radius 1 is 1.20 bits per heavy atom. The fraction of sp³-hybridized carbons (Fsp3) is 0.917. The summed E-state index contributed by atoms with van der Waals surface area (Å²) in [7, 11) is 0. The molecule has 0 amide bonds. The molecule has 86 valence electrons. The molecule has 0 radical (unpaired) electrons. The zero-order chi connectivity index (χ0) is 10.7. The van der Waals surface area contributed by atoms with Crippen LogP contribution in [0.4, 0.5) is 0 Å². The summed E-state index contributed by atoms with van der Waals surface area (Å²) in [5, 5.41) is 9.33. The highest BCUT2D eigenvalue weighted by Gasteiger charge is 2.47. The predicted octanol–water partition coefficient (Wildman–Crippen LogP) is 1.53. The van der Waals surface area contributed by atoms with Crippen LogP contribution in [0.2, 0.25) is 0 Å². The van der Waals surface area contributed by atoms with Gasteiger partial charge in [-0.15, -0.1) is 0 Å². The van der Waals surface area contributed by atoms with Crippen molar-refractivity contribution in [2.24, 2.45) is 11.8 Å². The van der Waals surface area contributed by atoms with E-state index in [1.54, 1.807) is 0 Å². The maximum absolute atomic E-state index is 10.2. The van der Waals surface area contributed by atoms with E-state index in [2.05, 4.69) is 0 Å². The Morgan fingerprint density at radius 3 is 2.60 bits per heavy atom. The Morgan fingerprint density at radius 2 is 1.93 bits per heavy atom. The number of carbonyl (C=O) groups excluding carboxylic acids is 1. The van der Waals surface area contributed by atoms with Crippen molar-refractivity contribution in [1.29, 1.82) is 0 Å². The van der Waals surface area contributed by atoms with E-state index in [4.69, 9.17) is 4.74 Å². The lowest BCUT2D eigenvalue weighted by Crippen LogP contribution is -2.29. The van der Waals surface area contributed by atoms with Gasteiger partial charge in [0.15, 0.2) is 0 Å². The normalized spacial score (nSPS) is 38.5. The van der Waals surface area contributed by atoms with E-state index in [0.717, 1.165) is 32.0 Å². The first-order valence-electron chi connectivity index (χ1n) is 6.06. The minimum atomic E-state index is 0.263. The minimum Gasteiger partial charge on any atom is -0.396 e. The third-order valence-corrected chi connectivity index (χ3v) is 3.91. The van der Waals surface area contributed by atoms with Gasteiger partial charge in [0.2, 0.25) is 0 Å². The van der Waals surface area contributed by atoms with Gasteiger partial charge in [-0.25, -0.2) is 0 Å². The van der Waals surface area contributed by atoms with Gasteiger partial charge in [-0.05, 0) is 31.6 Å². The van der Waals surface area contributed by atoms with E-state index in [1.165, 1.54) is 6.42 Å². The number of hydrogen-bond donors (Lipinski definition) is 1. The van der Waals surface area contributed by atoms with Gasteiger partial charge in [0, 0.05) is 18.9 Å². The highest BCUT2D eigenvalue weighted by atomic mass is 16.5. The van der Waals surface area contributed by atoms with Gasteiger partial charge >= 0.3 is 0 Å². The second-order valence-corrected chi connectivity index (χ2v) is 4.75. The molecule has 0 saturated carbocycles. The van der Waals surface area contributed by atoms with E-state index in [0.29, 0.717) is 30.5 Å². The van der Waals surface area contributed by atoms with E-state index >= 15 is 0 Å². The maximum atomic E-state index is 10.2. The van der Waals surface area contributed by atoms with Crippen molar-refractivity contribution in [2.75, 3.05) is 6.61 Å². The second kappa shape index (κ2) is 5.08. The van der Waals surface area contributed by atoms with E-state index in [-0.39, 0.29) is 6.61 Å². The molecule has 2 saturated heterocycles. The first kappa shape index (κ1) is 11.1. The quantitative estimate of drug-likeness (QED) is 0.536. The number of aldehydes is 1. The van der Waals surface area contributed by atoms with E-state index in [9.17, 15) is 9.90 Å². The number of aliphatic hydroxyl groups excluding tert-OH is 1. The lowest BCUT2D eigenvalue weighted by molar-refractivity contribution is -0.107. The van der Waals surface area contributed by atoms with Gasteiger partial charge in [-0.1, -0.05) is 6.42 Å². The maximum Gasteiger partial charge on any atom is 0.119 e. The lowest BCUT2D eigenvalue weighted by Gasteiger charge is -2.26. The predicted molar refractivity (Wildman–Crippen MR) is 56.5 cm³/mol. The van der Waals surface area contributed by atoms with Gasteiger partial charge in [-0.3, -0.25) is 0 Å². The molecule has 4 atom stereocenters. The van der Waals surface area contributed by atoms with Crippen molar-refractivity contribution < 1.29 is 14.6 Å². The molecular weight excluding hydrogens is 192 g/mol. The van der Waals surface area contributed by atoms with Gasteiger partial charge in [0.25, 0.3) is 0 Å². The van der Waals surface area contributed by atoms with Crippen molar-refractivity contribution in [2.45, 2.75) is 50.7 Å². The molecule has 3 nitrogen and oxygen atoms in total. The van der Waals surface area contributed by atoms with Crippen molar-refractivity contribution in [3.63, 3.8) is 0 Å². The molecule has 3 heteroatoms. The van der Waals surface area contributed by atoms with Crippen molar-refractivity contribution in [3.8, 4) is 0 Å². The highest BCUT2D eigenvalue weighted by Crippen LogP contribution is 2.45. The fourth-order valence-corrected chi connectivity index (χ4v) is 3.13. The average molecular weight is 212 g/mol. The smallest absolute Gasteiger partial charge is 0.119 e. The molecule has 2 rings (SSSR count). The van der Waals surface area contributed by atoms with Crippen LogP contribution in [0.5, 0.6) is 0 Å². The van der Waals surface area contributed by atoms with Gasteiger partial charge in [0.1, 0.15) is 6.29 Å². The van der Waals surface area contributed by atoms with Gasteiger partial charge in [-0.2, -0.15) is 0 Å². The first-order chi connectivity index (χ1) is 7.36. The van der Waals surface area contributed by atoms with Gasteiger partial charge < -0.3 is 14.6 Å². The van der Waals surface area contributed by atoms with Crippen LogP contribution in [0.1, 0.15) is 38.5 Å². The molecule has 2 fully saturated rings. The number of fused-ring (bicyclic) bond motifs is 2. The molecule has 2 heterocycles. The summed E-state index contributed by atoms with van der Waals surface area (Å²) >= 11 is 0. The number of ether oxygens (including phenoxy) is 1. The molecule has 15 heavy (non-hydrogen) atoms. The Hall–Kier alpha value is -0.410. The highest BCUT2D eigenvalue weighted by molar-refractivity contribution is 5.48. The first-order valence-corrected chi connectivity index (χ1v) is 6.06. The third-order valence-electron chi connectivity index (χ3n) is 3.91. The standard InChI is InChI=1S/C12H20O3/c13-7-3-1-2-4-9-10(8-14)12-6-5-11(9)15-12/h7,9-12,14H,1-6,8H2/t9-,10+,11-,12+/m0/s1. The molecule has 0 spiro atoms. The number of rotatable bonds is 6. The van der Waals surface area contributed by atoms with E-state index in [1.807, 2.05) is 0 Å². The summed E-state index contributed by atoms with van der Waals surface area (Å²) in [6.45, 7) is 0.263. The molecule has 0 unspecified atom stereocenters. The second-order valence-electron chi connectivity index (χ2n) is 4.75. The third kappa shape index (κ3) is 2.23. The van der Waals surface area contributed by atoms with Gasteiger partial charge in [0.05, 0.1) is 12.2 Å². The molecule has 2 bridgehead atoms. The van der Waals surface area contributed by atoms with Crippen LogP contribution in [-0.4, -0.2) is 30.2 Å². The molecule has 2 aliphatic heterocycles. The van der Waals surface area contributed by atoms with Crippen molar-refractivity contribution in [1.82, 2.24) is 0 Å². The molecular formula is C12H20O3. The van der Waals surface area contributed by atoms with Crippen LogP contribution in [-0.2, 0) is 9.53 Å². The summed E-state index contributed by atoms with van der Waals surface area (Å²) in [5.41, 5.74) is 0. The zero-order valence-corrected chi connectivity index (χ0v) is 9.10. The molecule has 0 aromatic carbocycles. The van der Waals surface area contributed by atoms with Crippen LogP contribution >= 0.6 is 0 Å². The number of hydrogen-bond acceptors (Lipinski definition) is 3. The Kier molecular flexibility index (Phi) is 3.76. The molecule has 0 aromatic heterocycles. The monoisotopic (exact) mass is 212 g/mol. The van der Waals surface area contributed by atoms with Crippen LogP contribution in [0.25, 0.3) is 0 Å². The Bertz CT molecular complexity index is 217. The summed E-state index contributed by atoms with van der Waals surface area (Å²) in [5.74, 6) is 0.903. The van der Waals surface area contributed by atoms with E-state index < -0.39 is 0 Å². The fourth-order valence-electron chi connectivity index (χ4n) is 3.13. The van der Waals surface area contributed by atoms with Crippen molar-refractivity contribution >= 4 is 6.29 Å². The Labute approximate surface area is 90.8 Å². The zero-order valence-electron chi connectivity index (χ0n) is 9.10. The summed E-state index contributed by atoms with van der Waals surface area (Å²) < 4.78 is 5.82. The van der Waals surface area contributed by atoms with Crippen molar-refractivity contribution in [3.05, 3.63) is 0 Å². The number of carbonyl (C=O) groups is 1. The lowest BCUT2D eigenvalue weighted by atomic mass is 9.77. The Balaban J connectivity index is 1.78. The minimum absolute atomic E-state index is 0.263. The molecule has 0 aromatic rings. The summed E-state index contributed by atoms with van der Waals surface area (Å²) in [6.07, 6.45) is 7.84. The number of aliphatic hydroxyl groups is 1. The summed E-state index contributed by atoms with van der Waals surface area (Å²) in [6, 6.07) is 0. The average Bonchev–Trinajstić information content (AvgIpc) is 2.84. The van der Waals surface area contributed by atoms with Crippen LogP contribution in [0, 0.1) is 11.8 Å². The molecule has 1 N–H and O–H groups in total. The van der Waals surface area contributed by atoms with Crippen LogP contribution < -0.4 is 0 Å². The van der Waals surface area contributed by atoms with Crippen LogP contribution in [0.15, 0.2) is 0 Å². The largest absolute Gasteiger partial charge is 0.396 e. The summed E-state index contributed by atoms with van der Waals surface area (Å²) in [4.78, 5) is 10.2. The van der Waals surface area contributed by atoms with Crippen LogP contribution in [0.3, 0.4) is 0 Å². The topological polar surface area (TPSA) is 46.5 Å². The number of unbranched alkanes of at least 4 members (excludes halogenated alkanes) is 2. The SMILES string of the molecule is O=CCCCC[C@H]1[C@@H](CO)[C@H]2CC[C@@H]1O2. The molecule has 0 aliphatic carbocycles.